The van der Waals surface area contributed by atoms with Gasteiger partial charge in [0.1, 0.15) is 6.07 Å². The molecule has 0 saturated carbocycles. The van der Waals surface area contributed by atoms with Crippen LogP contribution < -0.4 is 0 Å². The number of nitriles is 1. The van der Waals surface area contributed by atoms with Crippen LogP contribution in [0.2, 0.25) is 0 Å². The van der Waals surface area contributed by atoms with Gasteiger partial charge in [-0.05, 0) is 35.9 Å². The lowest BCUT2D eigenvalue weighted by molar-refractivity contribution is -0.140. The number of fused-ring (bicyclic) bond motifs is 2. The normalized spacial score (nSPS) is 11.7. The number of alkyl halides is 3. The molecule has 0 atom stereocenters. The predicted octanol–water partition coefficient (Wildman–Crippen LogP) is 6.13. The summed E-state index contributed by atoms with van der Waals surface area (Å²) in [5.41, 5.74) is 1.48. The first-order valence-corrected chi connectivity index (χ1v) is 9.41. The monoisotopic (exact) mass is 414 g/mol. The molecule has 0 fully saturated rings. The zero-order valence-electron chi connectivity index (χ0n) is 15.9. The topological polar surface area (TPSA) is 54.5 Å². The van der Waals surface area contributed by atoms with E-state index in [0.717, 1.165) is 10.9 Å². The molecule has 0 unspecified atom stereocenters. The van der Waals surface area contributed by atoms with Crippen molar-refractivity contribution in [3.8, 4) is 22.9 Å². The summed E-state index contributed by atoms with van der Waals surface area (Å²) in [6.45, 7) is 0. The van der Waals surface area contributed by atoms with Crippen molar-refractivity contribution < 1.29 is 13.2 Å². The highest BCUT2D eigenvalue weighted by Crippen LogP contribution is 2.40. The van der Waals surface area contributed by atoms with Gasteiger partial charge in [-0.2, -0.15) is 23.5 Å². The first-order valence-electron chi connectivity index (χ1n) is 9.41. The van der Waals surface area contributed by atoms with E-state index in [2.05, 4.69) is 10.1 Å². The first-order chi connectivity index (χ1) is 15.0. The highest BCUT2D eigenvalue weighted by molar-refractivity contribution is 5.99. The molecule has 150 valence electrons. The fourth-order valence-corrected chi connectivity index (χ4v) is 3.76. The second-order valence-electron chi connectivity index (χ2n) is 7.00. The fourth-order valence-electron chi connectivity index (χ4n) is 3.76. The molecule has 0 saturated heterocycles. The number of aromatic nitrogens is 3. The van der Waals surface area contributed by atoms with Crippen LogP contribution in [0.4, 0.5) is 13.2 Å². The lowest BCUT2D eigenvalue weighted by Gasteiger charge is -2.09. The minimum atomic E-state index is -4.68. The van der Waals surface area contributed by atoms with Crippen LogP contribution in [0.15, 0.2) is 79.0 Å². The maximum Gasteiger partial charge on any atom is 0.435 e. The summed E-state index contributed by atoms with van der Waals surface area (Å²) in [5, 5.41) is 14.1. The van der Waals surface area contributed by atoms with Gasteiger partial charge in [0.15, 0.2) is 5.69 Å². The molecule has 5 rings (SSSR count). The Labute approximate surface area is 174 Å². The van der Waals surface area contributed by atoms with Crippen LogP contribution in [0, 0.1) is 11.3 Å². The highest BCUT2D eigenvalue weighted by Gasteiger charge is 2.38. The first kappa shape index (κ1) is 18.8. The molecule has 7 heteroatoms. The SMILES string of the molecule is N#Cc1ccccc1-n1nc(C(F)(F)F)c2c(-c3cnc4ccccc4c3)cccc21. The highest BCUT2D eigenvalue weighted by atomic mass is 19.4. The Kier molecular flexibility index (Phi) is 4.22. The van der Waals surface area contributed by atoms with Crippen molar-refractivity contribution in [1.82, 2.24) is 14.8 Å². The van der Waals surface area contributed by atoms with E-state index in [1.165, 1.54) is 4.68 Å². The molecule has 0 aliphatic rings. The molecule has 0 aliphatic heterocycles. The van der Waals surface area contributed by atoms with Crippen LogP contribution in [-0.4, -0.2) is 14.8 Å². The Morgan fingerprint density at radius 1 is 0.903 bits per heavy atom. The standard InChI is InChI=1S/C24H13F3N4/c25-24(26,27)23-22-18(17-12-15-6-1-3-9-19(15)29-14-17)8-5-11-21(22)31(30-23)20-10-4-2-7-16(20)13-28/h1-12,14H. The molecule has 3 aromatic carbocycles. The molecule has 5 aromatic rings. The van der Waals surface area contributed by atoms with Gasteiger partial charge in [0.2, 0.25) is 0 Å². The number of halogens is 3. The number of rotatable bonds is 2. The zero-order chi connectivity index (χ0) is 21.6. The van der Waals surface area contributed by atoms with Gasteiger partial charge >= 0.3 is 6.18 Å². The van der Waals surface area contributed by atoms with Gasteiger partial charge in [0.25, 0.3) is 0 Å². The van der Waals surface area contributed by atoms with Crippen molar-refractivity contribution in [2.45, 2.75) is 6.18 Å². The van der Waals surface area contributed by atoms with E-state index in [0.29, 0.717) is 16.8 Å². The molecule has 0 bridgehead atoms. The summed E-state index contributed by atoms with van der Waals surface area (Å²) in [6, 6.07) is 22.6. The molecule has 4 nitrogen and oxygen atoms in total. The summed E-state index contributed by atoms with van der Waals surface area (Å²) in [4.78, 5) is 4.40. The molecule has 0 radical (unpaired) electrons. The van der Waals surface area contributed by atoms with Gasteiger partial charge in [-0.1, -0.05) is 42.5 Å². The van der Waals surface area contributed by atoms with E-state index in [9.17, 15) is 18.4 Å². The summed E-state index contributed by atoms with van der Waals surface area (Å²) < 4.78 is 43.3. The Morgan fingerprint density at radius 3 is 2.48 bits per heavy atom. The van der Waals surface area contributed by atoms with Crippen molar-refractivity contribution in [3.63, 3.8) is 0 Å². The van der Waals surface area contributed by atoms with Crippen molar-refractivity contribution in [2.75, 3.05) is 0 Å². The minimum Gasteiger partial charge on any atom is -0.256 e. The molecule has 31 heavy (non-hydrogen) atoms. The van der Waals surface area contributed by atoms with E-state index < -0.39 is 11.9 Å². The average Bonchev–Trinajstić information content (AvgIpc) is 3.19. The second-order valence-corrected chi connectivity index (χ2v) is 7.00. The lowest BCUT2D eigenvalue weighted by Crippen LogP contribution is -2.08. The third-order valence-corrected chi connectivity index (χ3v) is 5.13. The van der Waals surface area contributed by atoms with Gasteiger partial charge in [-0.15, -0.1) is 0 Å². The zero-order valence-corrected chi connectivity index (χ0v) is 15.9. The minimum absolute atomic E-state index is 0.0279. The Morgan fingerprint density at radius 2 is 1.68 bits per heavy atom. The van der Waals surface area contributed by atoms with Gasteiger partial charge in [0, 0.05) is 22.5 Å². The van der Waals surface area contributed by atoms with Crippen LogP contribution >= 0.6 is 0 Å². The Hall–Kier alpha value is -4.18. The van der Waals surface area contributed by atoms with Crippen molar-refractivity contribution in [1.29, 1.82) is 5.26 Å². The van der Waals surface area contributed by atoms with E-state index in [4.69, 9.17) is 0 Å². The number of hydrogen-bond acceptors (Lipinski definition) is 3. The molecule has 2 heterocycles. The van der Waals surface area contributed by atoms with E-state index >= 15 is 0 Å². The fraction of sp³-hybridized carbons (Fsp3) is 0.0417. The van der Waals surface area contributed by atoms with Gasteiger partial charge < -0.3 is 0 Å². The van der Waals surface area contributed by atoms with Crippen LogP contribution in [0.3, 0.4) is 0 Å². The maximum absolute atomic E-state index is 14.0. The quantitative estimate of drug-likeness (QED) is 0.349. The molecule has 0 amide bonds. The number of nitrogens with zero attached hydrogens (tertiary/aromatic N) is 4. The molecular weight excluding hydrogens is 401 g/mol. The average molecular weight is 414 g/mol. The summed E-state index contributed by atoms with van der Waals surface area (Å²) in [6.07, 6.45) is -3.11. The van der Waals surface area contributed by atoms with E-state index in [-0.39, 0.29) is 16.5 Å². The molecule has 0 N–H and O–H groups in total. The molecular formula is C24H13F3N4. The van der Waals surface area contributed by atoms with Gasteiger partial charge in [-0.3, -0.25) is 4.98 Å². The van der Waals surface area contributed by atoms with Crippen LogP contribution in [0.25, 0.3) is 38.6 Å². The van der Waals surface area contributed by atoms with Crippen LogP contribution in [0.1, 0.15) is 11.3 Å². The molecule has 2 aromatic heterocycles. The van der Waals surface area contributed by atoms with E-state index in [1.807, 2.05) is 36.4 Å². The third kappa shape index (κ3) is 3.09. The van der Waals surface area contributed by atoms with Gasteiger partial charge in [-0.25, -0.2) is 4.68 Å². The number of pyridine rings is 1. The maximum atomic E-state index is 14.0. The molecule has 0 aliphatic carbocycles. The van der Waals surface area contributed by atoms with Crippen molar-refractivity contribution in [2.24, 2.45) is 0 Å². The van der Waals surface area contributed by atoms with Crippen LogP contribution in [0.5, 0.6) is 0 Å². The summed E-state index contributed by atoms with van der Waals surface area (Å²) >= 11 is 0. The van der Waals surface area contributed by atoms with E-state index in [1.54, 1.807) is 48.7 Å². The largest absolute Gasteiger partial charge is 0.435 e. The Balaban J connectivity index is 1.85. The summed E-state index contributed by atoms with van der Waals surface area (Å²) in [7, 11) is 0. The summed E-state index contributed by atoms with van der Waals surface area (Å²) in [5.74, 6) is 0. The van der Waals surface area contributed by atoms with Gasteiger partial charge in [0.05, 0.1) is 22.3 Å². The van der Waals surface area contributed by atoms with Crippen molar-refractivity contribution in [3.05, 3.63) is 90.3 Å². The van der Waals surface area contributed by atoms with Crippen LogP contribution in [-0.2, 0) is 6.18 Å². The predicted molar refractivity (Wildman–Crippen MR) is 112 cm³/mol. The second kappa shape index (κ2) is 6.96. The smallest absolute Gasteiger partial charge is 0.256 e. The number of hydrogen-bond donors (Lipinski definition) is 0. The Bertz CT molecular complexity index is 1490. The lowest BCUT2D eigenvalue weighted by atomic mass is 10.00. The molecule has 0 spiro atoms. The number of benzene rings is 3. The van der Waals surface area contributed by atoms with Crippen molar-refractivity contribution >= 4 is 21.8 Å². The number of para-hydroxylation sites is 2. The third-order valence-electron chi connectivity index (χ3n) is 5.13.